The third-order valence-corrected chi connectivity index (χ3v) is 5.91. The summed E-state index contributed by atoms with van der Waals surface area (Å²) in [6, 6.07) is 9.39. The molecule has 9 nitrogen and oxygen atoms in total. The lowest BCUT2D eigenvalue weighted by Crippen LogP contribution is -2.16. The Kier molecular flexibility index (Phi) is 6.08. The molecule has 27 heavy (non-hydrogen) atoms. The van der Waals surface area contributed by atoms with Crippen LogP contribution in [-0.2, 0) is 31.3 Å². The van der Waals surface area contributed by atoms with Gasteiger partial charge in [-0.3, -0.25) is 9.52 Å². The highest BCUT2D eigenvalue weighted by atomic mass is 32.2. The summed E-state index contributed by atoms with van der Waals surface area (Å²) in [4.78, 5) is 10.2. The molecule has 146 valence electrons. The zero-order valence-electron chi connectivity index (χ0n) is 14.2. The highest BCUT2D eigenvalue weighted by Crippen LogP contribution is 2.27. The Morgan fingerprint density at radius 2 is 1.74 bits per heavy atom. The van der Waals surface area contributed by atoms with E-state index in [2.05, 4.69) is 4.72 Å². The number of hydrogen-bond donors (Lipinski definition) is 3. The summed E-state index contributed by atoms with van der Waals surface area (Å²) in [6.07, 6.45) is 0.214. The van der Waals surface area contributed by atoms with E-state index in [4.69, 9.17) is 15.0 Å². The van der Waals surface area contributed by atoms with Gasteiger partial charge in [0.2, 0.25) is 10.0 Å². The first-order valence-electron chi connectivity index (χ1n) is 7.57. The Balaban J connectivity index is 2.27. The first-order valence-corrected chi connectivity index (χ1v) is 10.6. The van der Waals surface area contributed by atoms with E-state index in [0.29, 0.717) is 5.56 Å². The zero-order chi connectivity index (χ0) is 20.2. The van der Waals surface area contributed by atoms with E-state index >= 15 is 0 Å². The van der Waals surface area contributed by atoms with Crippen LogP contribution >= 0.6 is 0 Å². The van der Waals surface area contributed by atoms with Crippen molar-refractivity contribution >= 4 is 31.7 Å². The van der Waals surface area contributed by atoms with E-state index in [1.54, 1.807) is 0 Å². The van der Waals surface area contributed by atoms with Crippen molar-refractivity contribution in [2.45, 2.75) is 22.6 Å². The molecule has 0 unspecified atom stereocenters. The minimum Gasteiger partial charge on any atom is -0.495 e. The SMILES string of the molecule is COc1ccc(NS(=O)(=O)c2ccc(CCC(=O)O)cc2)cc1S(N)(=O)=O. The second-order valence-electron chi connectivity index (χ2n) is 5.55. The fraction of sp³-hybridized carbons (Fsp3) is 0.188. The smallest absolute Gasteiger partial charge is 0.303 e. The van der Waals surface area contributed by atoms with Crippen molar-refractivity contribution in [3.63, 3.8) is 0 Å². The second kappa shape index (κ2) is 7.94. The largest absolute Gasteiger partial charge is 0.495 e. The monoisotopic (exact) mass is 414 g/mol. The van der Waals surface area contributed by atoms with E-state index in [9.17, 15) is 21.6 Å². The molecule has 2 rings (SSSR count). The van der Waals surface area contributed by atoms with Crippen molar-refractivity contribution in [1.29, 1.82) is 0 Å². The van der Waals surface area contributed by atoms with Gasteiger partial charge in [-0.2, -0.15) is 0 Å². The Bertz CT molecular complexity index is 1050. The Hall–Kier alpha value is -2.63. The van der Waals surface area contributed by atoms with Crippen LogP contribution in [0.15, 0.2) is 52.3 Å². The molecule has 0 aromatic heterocycles. The van der Waals surface area contributed by atoms with Gasteiger partial charge in [-0.1, -0.05) is 12.1 Å². The summed E-state index contributed by atoms with van der Waals surface area (Å²) in [6.45, 7) is 0. The number of carbonyl (C=O) groups is 1. The molecule has 2 aromatic carbocycles. The predicted molar refractivity (Wildman–Crippen MR) is 97.6 cm³/mol. The number of ether oxygens (including phenoxy) is 1. The van der Waals surface area contributed by atoms with E-state index < -0.39 is 26.0 Å². The van der Waals surface area contributed by atoms with Crippen LogP contribution in [0.1, 0.15) is 12.0 Å². The van der Waals surface area contributed by atoms with Crippen LogP contribution in [0.5, 0.6) is 5.75 Å². The van der Waals surface area contributed by atoms with Crippen molar-refractivity contribution in [1.82, 2.24) is 0 Å². The van der Waals surface area contributed by atoms with Gasteiger partial charge in [0.15, 0.2) is 0 Å². The maximum absolute atomic E-state index is 12.5. The van der Waals surface area contributed by atoms with Crippen LogP contribution in [0.2, 0.25) is 0 Å². The minimum atomic E-state index is -4.12. The first-order chi connectivity index (χ1) is 12.5. The quantitative estimate of drug-likeness (QED) is 0.586. The highest BCUT2D eigenvalue weighted by Gasteiger charge is 2.19. The lowest BCUT2D eigenvalue weighted by molar-refractivity contribution is -0.136. The molecule has 0 saturated heterocycles. The molecule has 0 aliphatic carbocycles. The predicted octanol–water partition coefficient (Wildman–Crippen LogP) is 1.16. The standard InChI is InChI=1S/C16H18N2O7S2/c1-25-14-8-5-12(10-15(14)26(17,21)22)18-27(23,24)13-6-2-11(3-7-13)4-9-16(19)20/h2-3,5-8,10,18H,4,9H2,1H3,(H,19,20)(H2,17,21,22). The highest BCUT2D eigenvalue weighted by molar-refractivity contribution is 7.92. The number of carboxylic acid groups (broad SMARTS) is 1. The summed E-state index contributed by atoms with van der Waals surface area (Å²) in [5.41, 5.74) is 0.673. The number of aliphatic carboxylic acids is 1. The Morgan fingerprint density at radius 3 is 2.26 bits per heavy atom. The normalized spacial score (nSPS) is 11.8. The molecule has 0 spiro atoms. The third kappa shape index (κ3) is 5.42. The molecule has 2 aromatic rings. The lowest BCUT2D eigenvalue weighted by Gasteiger charge is -2.12. The molecule has 0 heterocycles. The fourth-order valence-electron chi connectivity index (χ4n) is 2.26. The molecule has 4 N–H and O–H groups in total. The number of methoxy groups -OCH3 is 1. The number of anilines is 1. The molecular weight excluding hydrogens is 396 g/mol. The van der Waals surface area contributed by atoms with E-state index in [1.165, 1.54) is 43.5 Å². The number of nitrogens with two attached hydrogens (primary N) is 1. The van der Waals surface area contributed by atoms with Gasteiger partial charge in [0.05, 0.1) is 17.7 Å². The number of carboxylic acids is 1. The number of rotatable bonds is 8. The molecule has 0 aliphatic heterocycles. The summed E-state index contributed by atoms with van der Waals surface area (Å²) in [7, 11) is -6.84. The van der Waals surface area contributed by atoms with Crippen LogP contribution in [-0.4, -0.2) is 35.0 Å². The van der Waals surface area contributed by atoms with Crippen molar-refractivity contribution in [2.75, 3.05) is 11.8 Å². The van der Waals surface area contributed by atoms with Crippen molar-refractivity contribution in [3.8, 4) is 5.75 Å². The number of aryl methyl sites for hydroxylation is 1. The summed E-state index contributed by atoms with van der Waals surface area (Å²) in [5, 5.41) is 13.8. The average Bonchev–Trinajstić information content (AvgIpc) is 2.59. The summed E-state index contributed by atoms with van der Waals surface area (Å²) in [5.74, 6) is -0.957. The lowest BCUT2D eigenvalue weighted by atomic mass is 10.1. The van der Waals surface area contributed by atoms with Gasteiger partial charge in [-0.05, 0) is 42.3 Å². The summed E-state index contributed by atoms with van der Waals surface area (Å²) < 4.78 is 55.4. The van der Waals surface area contributed by atoms with Gasteiger partial charge in [0.25, 0.3) is 10.0 Å². The molecule has 0 bridgehead atoms. The van der Waals surface area contributed by atoms with Crippen molar-refractivity contribution in [3.05, 3.63) is 48.0 Å². The van der Waals surface area contributed by atoms with Crippen molar-refractivity contribution in [2.24, 2.45) is 5.14 Å². The Labute approximate surface area is 156 Å². The van der Waals surface area contributed by atoms with Crippen LogP contribution < -0.4 is 14.6 Å². The van der Waals surface area contributed by atoms with Gasteiger partial charge in [-0.15, -0.1) is 0 Å². The van der Waals surface area contributed by atoms with Crippen LogP contribution in [0.3, 0.4) is 0 Å². The molecule has 0 radical (unpaired) electrons. The van der Waals surface area contributed by atoms with Gasteiger partial charge in [0.1, 0.15) is 10.6 Å². The zero-order valence-corrected chi connectivity index (χ0v) is 15.9. The topological polar surface area (TPSA) is 153 Å². The molecule has 11 heteroatoms. The number of hydrogen-bond acceptors (Lipinski definition) is 6. The molecule has 0 fully saturated rings. The molecule has 0 amide bonds. The molecule has 0 atom stereocenters. The molecule has 0 saturated carbocycles. The summed E-state index contributed by atoms with van der Waals surface area (Å²) >= 11 is 0. The average molecular weight is 414 g/mol. The van der Waals surface area contributed by atoms with E-state index in [-0.39, 0.29) is 34.1 Å². The number of primary sulfonamides is 1. The minimum absolute atomic E-state index is 0.00483. The van der Waals surface area contributed by atoms with Gasteiger partial charge < -0.3 is 9.84 Å². The fourth-order valence-corrected chi connectivity index (χ4v) is 4.04. The van der Waals surface area contributed by atoms with Gasteiger partial charge in [-0.25, -0.2) is 22.0 Å². The molecular formula is C16H18N2O7S2. The first kappa shape index (κ1) is 20.7. The molecule has 0 aliphatic rings. The number of sulfonamides is 2. The second-order valence-corrected chi connectivity index (χ2v) is 8.77. The number of nitrogens with one attached hydrogen (secondary N) is 1. The number of benzene rings is 2. The van der Waals surface area contributed by atoms with Gasteiger partial charge in [0, 0.05) is 6.42 Å². The van der Waals surface area contributed by atoms with Crippen LogP contribution in [0.4, 0.5) is 5.69 Å². The van der Waals surface area contributed by atoms with Gasteiger partial charge >= 0.3 is 5.97 Å². The van der Waals surface area contributed by atoms with Crippen molar-refractivity contribution < 1.29 is 31.5 Å². The maximum Gasteiger partial charge on any atom is 0.303 e. The van der Waals surface area contributed by atoms with E-state index in [1.807, 2.05) is 0 Å². The van der Waals surface area contributed by atoms with E-state index in [0.717, 1.165) is 6.07 Å². The third-order valence-electron chi connectivity index (χ3n) is 3.58. The van der Waals surface area contributed by atoms with Crippen LogP contribution in [0.25, 0.3) is 0 Å². The Morgan fingerprint density at radius 1 is 1.11 bits per heavy atom. The maximum atomic E-state index is 12.5. The van der Waals surface area contributed by atoms with Crippen LogP contribution in [0, 0.1) is 0 Å².